The summed E-state index contributed by atoms with van der Waals surface area (Å²) in [6.07, 6.45) is 0.995. The molecule has 2 aromatic rings. The van der Waals surface area contributed by atoms with Gasteiger partial charge in [-0.3, -0.25) is 4.90 Å². The number of piperazine rings is 1. The lowest BCUT2D eigenvalue weighted by atomic mass is 10.0. The van der Waals surface area contributed by atoms with Crippen LogP contribution in [-0.4, -0.2) is 49.4 Å². The average molecular weight is 376 g/mol. The zero-order chi connectivity index (χ0) is 17.1. The molecule has 2 aliphatic heterocycles. The third-order valence-electron chi connectivity index (χ3n) is 4.87. The topological polar surface area (TPSA) is 28.1 Å². The Morgan fingerprint density at radius 2 is 1.65 bits per heavy atom. The molecule has 2 heterocycles. The van der Waals surface area contributed by atoms with E-state index in [0.717, 1.165) is 56.1 Å². The van der Waals surface area contributed by atoms with Crippen LogP contribution in [0.1, 0.15) is 12.0 Å². The number of anilines is 1. The van der Waals surface area contributed by atoms with Crippen LogP contribution < -0.4 is 4.90 Å². The lowest BCUT2D eigenvalue weighted by molar-refractivity contribution is 0.0510. The zero-order valence-electron chi connectivity index (χ0n) is 14.6. The van der Waals surface area contributed by atoms with Crippen molar-refractivity contribution in [3.8, 4) is 0 Å². The summed E-state index contributed by atoms with van der Waals surface area (Å²) in [5, 5.41) is 4.27. The highest BCUT2D eigenvalue weighted by atomic mass is 35.5. The van der Waals surface area contributed by atoms with E-state index in [9.17, 15) is 4.39 Å². The Hall–Kier alpha value is -2.11. The van der Waals surface area contributed by atoms with E-state index < -0.39 is 0 Å². The van der Waals surface area contributed by atoms with Gasteiger partial charge in [-0.1, -0.05) is 35.5 Å². The predicted molar refractivity (Wildman–Crippen MR) is 105 cm³/mol. The SMILES string of the molecule is Cl.Fc1ccc(N2CCN(CC3CC(c4ccccc4)=NO3)CC2)cc1. The maximum absolute atomic E-state index is 13.0. The maximum Gasteiger partial charge on any atom is 0.145 e. The molecule has 0 aliphatic carbocycles. The number of hydrogen-bond acceptors (Lipinski definition) is 4. The molecule has 4 nitrogen and oxygen atoms in total. The monoisotopic (exact) mass is 375 g/mol. The molecule has 0 radical (unpaired) electrons. The second-order valence-electron chi connectivity index (χ2n) is 6.60. The number of rotatable bonds is 4. The van der Waals surface area contributed by atoms with Gasteiger partial charge in [0.05, 0.1) is 5.71 Å². The zero-order valence-corrected chi connectivity index (χ0v) is 15.4. The molecule has 2 aromatic carbocycles. The van der Waals surface area contributed by atoms with Gasteiger partial charge in [-0.25, -0.2) is 4.39 Å². The third-order valence-corrected chi connectivity index (χ3v) is 4.87. The van der Waals surface area contributed by atoms with Crippen LogP contribution in [0.4, 0.5) is 10.1 Å². The summed E-state index contributed by atoms with van der Waals surface area (Å²) in [5.74, 6) is -0.185. The van der Waals surface area contributed by atoms with E-state index in [-0.39, 0.29) is 24.3 Å². The Morgan fingerprint density at radius 1 is 0.962 bits per heavy atom. The van der Waals surface area contributed by atoms with Crippen molar-refractivity contribution in [1.29, 1.82) is 0 Å². The molecule has 138 valence electrons. The predicted octanol–water partition coefficient (Wildman–Crippen LogP) is 3.56. The Kier molecular flexibility index (Phi) is 6.12. The maximum atomic E-state index is 13.0. The van der Waals surface area contributed by atoms with Crippen molar-refractivity contribution in [3.05, 3.63) is 66.0 Å². The van der Waals surface area contributed by atoms with Gasteiger partial charge in [-0.15, -0.1) is 12.4 Å². The van der Waals surface area contributed by atoms with Gasteiger partial charge in [0.15, 0.2) is 0 Å². The standard InChI is InChI=1S/C20H22FN3O.ClH/c21-17-6-8-18(9-7-17)24-12-10-23(11-13-24)15-19-14-20(22-25-19)16-4-2-1-3-5-16;/h1-9,19H,10-15H2;1H. The van der Waals surface area contributed by atoms with Crippen molar-refractivity contribution in [2.24, 2.45) is 5.16 Å². The van der Waals surface area contributed by atoms with Gasteiger partial charge in [0.2, 0.25) is 0 Å². The smallest absolute Gasteiger partial charge is 0.145 e. The average Bonchev–Trinajstić information content (AvgIpc) is 3.12. The number of nitrogens with zero attached hydrogens (tertiary/aromatic N) is 3. The molecule has 26 heavy (non-hydrogen) atoms. The van der Waals surface area contributed by atoms with E-state index in [4.69, 9.17) is 4.84 Å². The molecule has 2 aliphatic rings. The van der Waals surface area contributed by atoms with Crippen LogP contribution in [0, 0.1) is 5.82 Å². The summed E-state index contributed by atoms with van der Waals surface area (Å²) in [7, 11) is 0. The minimum absolute atomic E-state index is 0. The molecule has 0 N–H and O–H groups in total. The number of halogens is 2. The van der Waals surface area contributed by atoms with Crippen LogP contribution in [0.5, 0.6) is 0 Å². The Bertz CT molecular complexity index is 730. The second kappa shape index (κ2) is 8.52. The first-order chi connectivity index (χ1) is 12.3. The minimum Gasteiger partial charge on any atom is -0.390 e. The summed E-state index contributed by atoms with van der Waals surface area (Å²) < 4.78 is 13.0. The van der Waals surface area contributed by atoms with Crippen LogP contribution >= 0.6 is 12.4 Å². The van der Waals surface area contributed by atoms with Gasteiger partial charge in [0.25, 0.3) is 0 Å². The van der Waals surface area contributed by atoms with Crippen molar-refractivity contribution in [2.75, 3.05) is 37.6 Å². The molecule has 0 bridgehead atoms. The fraction of sp³-hybridized carbons (Fsp3) is 0.350. The summed E-state index contributed by atoms with van der Waals surface area (Å²) in [6, 6.07) is 17.0. The van der Waals surface area contributed by atoms with E-state index in [1.807, 2.05) is 30.3 Å². The fourth-order valence-electron chi connectivity index (χ4n) is 3.46. The molecule has 0 aromatic heterocycles. The van der Waals surface area contributed by atoms with Crippen molar-refractivity contribution >= 4 is 23.8 Å². The number of benzene rings is 2. The van der Waals surface area contributed by atoms with Gasteiger partial charge in [0.1, 0.15) is 11.9 Å². The van der Waals surface area contributed by atoms with Crippen molar-refractivity contribution < 1.29 is 9.23 Å². The highest BCUT2D eigenvalue weighted by Gasteiger charge is 2.26. The summed E-state index contributed by atoms with van der Waals surface area (Å²) >= 11 is 0. The Balaban J connectivity index is 0.00000196. The molecule has 0 spiro atoms. The summed E-state index contributed by atoms with van der Waals surface area (Å²) in [4.78, 5) is 10.4. The molecule has 1 unspecified atom stereocenters. The molecule has 0 saturated carbocycles. The highest BCUT2D eigenvalue weighted by molar-refractivity contribution is 6.01. The molecule has 1 saturated heterocycles. The van der Waals surface area contributed by atoms with Crippen LogP contribution in [-0.2, 0) is 4.84 Å². The summed E-state index contributed by atoms with van der Waals surface area (Å²) in [6.45, 7) is 4.77. The van der Waals surface area contributed by atoms with Crippen LogP contribution in [0.3, 0.4) is 0 Å². The number of hydrogen-bond donors (Lipinski definition) is 0. The van der Waals surface area contributed by atoms with Crippen LogP contribution in [0.25, 0.3) is 0 Å². The number of oxime groups is 1. The van der Waals surface area contributed by atoms with Gasteiger partial charge in [0, 0.05) is 44.8 Å². The van der Waals surface area contributed by atoms with Gasteiger partial charge < -0.3 is 9.74 Å². The van der Waals surface area contributed by atoms with Gasteiger partial charge in [-0.05, 0) is 29.8 Å². The Morgan fingerprint density at radius 3 is 2.35 bits per heavy atom. The van der Waals surface area contributed by atoms with Crippen molar-refractivity contribution in [1.82, 2.24) is 4.90 Å². The van der Waals surface area contributed by atoms with E-state index >= 15 is 0 Å². The van der Waals surface area contributed by atoms with Crippen LogP contribution in [0.15, 0.2) is 59.8 Å². The quantitative estimate of drug-likeness (QED) is 0.817. The first-order valence-electron chi connectivity index (χ1n) is 8.79. The largest absolute Gasteiger partial charge is 0.390 e. The van der Waals surface area contributed by atoms with E-state index in [0.29, 0.717) is 0 Å². The molecule has 4 rings (SSSR count). The van der Waals surface area contributed by atoms with Crippen LogP contribution in [0.2, 0.25) is 0 Å². The lowest BCUT2D eigenvalue weighted by Crippen LogP contribution is -2.48. The summed E-state index contributed by atoms with van der Waals surface area (Å²) in [5.41, 5.74) is 3.27. The van der Waals surface area contributed by atoms with E-state index in [2.05, 4.69) is 27.1 Å². The second-order valence-corrected chi connectivity index (χ2v) is 6.60. The van der Waals surface area contributed by atoms with E-state index in [1.165, 1.54) is 12.1 Å². The molecular weight excluding hydrogens is 353 g/mol. The lowest BCUT2D eigenvalue weighted by Gasteiger charge is -2.36. The molecule has 1 atom stereocenters. The van der Waals surface area contributed by atoms with E-state index in [1.54, 1.807) is 0 Å². The first kappa shape index (κ1) is 18.7. The molecule has 0 amide bonds. The van der Waals surface area contributed by atoms with Gasteiger partial charge in [-0.2, -0.15) is 0 Å². The first-order valence-corrected chi connectivity index (χ1v) is 8.79. The van der Waals surface area contributed by atoms with Gasteiger partial charge >= 0.3 is 0 Å². The molecular formula is C20H23ClFN3O. The Labute approximate surface area is 159 Å². The molecule has 6 heteroatoms. The third kappa shape index (κ3) is 4.34. The fourth-order valence-corrected chi connectivity index (χ4v) is 3.46. The minimum atomic E-state index is -0.185. The van der Waals surface area contributed by atoms with Crippen molar-refractivity contribution in [3.63, 3.8) is 0 Å². The molecule has 1 fully saturated rings. The normalized spacial score (nSPS) is 20.3. The van der Waals surface area contributed by atoms with Crippen molar-refractivity contribution in [2.45, 2.75) is 12.5 Å². The highest BCUT2D eigenvalue weighted by Crippen LogP contribution is 2.20.